The summed E-state index contributed by atoms with van der Waals surface area (Å²) in [5.41, 5.74) is 0.969. The van der Waals surface area contributed by atoms with Gasteiger partial charge in [0.2, 0.25) is 5.91 Å². The molecule has 0 fully saturated rings. The summed E-state index contributed by atoms with van der Waals surface area (Å²) < 4.78 is 0. The van der Waals surface area contributed by atoms with Crippen LogP contribution in [0.25, 0.3) is 10.8 Å². The van der Waals surface area contributed by atoms with Gasteiger partial charge in [-0.25, -0.2) is 0 Å². The Hall–Kier alpha value is -2.13. The van der Waals surface area contributed by atoms with E-state index in [1.807, 2.05) is 36.1 Å². The topological polar surface area (TPSA) is 32.3 Å². The van der Waals surface area contributed by atoms with Crippen molar-refractivity contribution in [2.24, 2.45) is 0 Å². The van der Waals surface area contributed by atoms with E-state index in [1.165, 1.54) is 0 Å². The first-order chi connectivity index (χ1) is 9.77. The van der Waals surface area contributed by atoms with Gasteiger partial charge in [-0.1, -0.05) is 42.5 Å². The molecule has 3 nitrogen and oxygen atoms in total. The van der Waals surface area contributed by atoms with Crippen LogP contribution in [0.3, 0.4) is 0 Å². The number of carbonyl (C=O) groups is 1. The number of nitrogens with one attached hydrogen (secondary N) is 1. The largest absolute Gasteiger partial charge is 0.311 e. The molecular formula is C17H20N2O. The van der Waals surface area contributed by atoms with Crippen LogP contribution >= 0.6 is 0 Å². The molecular weight excluding hydrogens is 248 g/mol. The third-order valence-corrected chi connectivity index (χ3v) is 3.24. The van der Waals surface area contributed by atoms with Crippen LogP contribution < -0.4 is 10.2 Å². The van der Waals surface area contributed by atoms with Gasteiger partial charge in [0.05, 0.1) is 12.2 Å². The van der Waals surface area contributed by atoms with E-state index < -0.39 is 0 Å². The summed E-state index contributed by atoms with van der Waals surface area (Å²) >= 11 is 0. The minimum Gasteiger partial charge on any atom is -0.311 e. The molecule has 0 atom stereocenters. The highest BCUT2D eigenvalue weighted by Crippen LogP contribution is 2.26. The van der Waals surface area contributed by atoms with E-state index in [4.69, 9.17) is 0 Å². The van der Waals surface area contributed by atoms with Crippen LogP contribution in [0.1, 0.15) is 6.92 Å². The van der Waals surface area contributed by atoms with Crippen molar-refractivity contribution in [1.82, 2.24) is 5.32 Å². The lowest BCUT2D eigenvalue weighted by atomic mass is 10.1. The molecule has 2 aromatic carbocycles. The molecule has 0 saturated carbocycles. The number of hydrogen-bond donors (Lipinski definition) is 1. The second-order valence-corrected chi connectivity index (χ2v) is 4.56. The number of hydrogen-bond acceptors (Lipinski definition) is 2. The molecule has 0 saturated heterocycles. The predicted molar refractivity (Wildman–Crippen MR) is 85.0 cm³/mol. The maximum Gasteiger partial charge on any atom is 0.240 e. The first-order valence-corrected chi connectivity index (χ1v) is 6.87. The lowest BCUT2D eigenvalue weighted by Crippen LogP contribution is -2.38. The van der Waals surface area contributed by atoms with Crippen LogP contribution in [0, 0.1) is 0 Å². The van der Waals surface area contributed by atoms with E-state index >= 15 is 0 Å². The minimum absolute atomic E-state index is 0.0747. The van der Waals surface area contributed by atoms with Gasteiger partial charge in [-0.05, 0) is 18.4 Å². The van der Waals surface area contributed by atoms with E-state index in [0.717, 1.165) is 16.5 Å². The summed E-state index contributed by atoms with van der Waals surface area (Å²) in [5, 5.41) is 5.31. The molecule has 0 aliphatic carbocycles. The normalized spacial score (nSPS) is 10.4. The lowest BCUT2D eigenvalue weighted by Gasteiger charge is -2.23. The number of fused-ring (bicyclic) bond motifs is 1. The summed E-state index contributed by atoms with van der Waals surface area (Å²) in [5.74, 6) is 0.0747. The molecule has 1 N–H and O–H groups in total. The average molecular weight is 268 g/mol. The zero-order valence-electron chi connectivity index (χ0n) is 11.8. The van der Waals surface area contributed by atoms with Gasteiger partial charge >= 0.3 is 0 Å². The molecule has 2 rings (SSSR count). The molecule has 2 aromatic rings. The van der Waals surface area contributed by atoms with Crippen molar-refractivity contribution in [3.8, 4) is 0 Å². The number of likely N-dealkylation sites (N-methyl/N-ethyl adjacent to an activating group) is 1. The molecule has 0 unspecified atom stereocenters. The van der Waals surface area contributed by atoms with E-state index in [2.05, 4.69) is 30.1 Å². The molecule has 0 radical (unpaired) electrons. The maximum absolute atomic E-state index is 12.3. The molecule has 104 valence electrons. The van der Waals surface area contributed by atoms with Crippen molar-refractivity contribution in [2.75, 3.05) is 24.5 Å². The smallest absolute Gasteiger partial charge is 0.240 e. The summed E-state index contributed by atoms with van der Waals surface area (Å²) in [6, 6.07) is 14.2. The fourth-order valence-corrected chi connectivity index (χ4v) is 2.30. The zero-order chi connectivity index (χ0) is 14.4. The van der Waals surface area contributed by atoms with Crippen molar-refractivity contribution >= 4 is 22.4 Å². The van der Waals surface area contributed by atoms with E-state index in [0.29, 0.717) is 19.6 Å². The number of amides is 1. The van der Waals surface area contributed by atoms with Crippen molar-refractivity contribution in [2.45, 2.75) is 6.92 Å². The first kappa shape index (κ1) is 14.3. The minimum atomic E-state index is 0.0747. The van der Waals surface area contributed by atoms with Crippen molar-refractivity contribution < 1.29 is 4.79 Å². The third kappa shape index (κ3) is 3.06. The highest BCUT2D eigenvalue weighted by Gasteiger charge is 2.15. The number of anilines is 1. The Labute approximate surface area is 119 Å². The molecule has 0 spiro atoms. The van der Waals surface area contributed by atoms with Crippen LogP contribution in [0.15, 0.2) is 55.1 Å². The monoisotopic (exact) mass is 268 g/mol. The lowest BCUT2D eigenvalue weighted by molar-refractivity contribution is -0.117. The molecule has 20 heavy (non-hydrogen) atoms. The fraction of sp³-hybridized carbons (Fsp3) is 0.235. The van der Waals surface area contributed by atoms with Crippen LogP contribution in [-0.2, 0) is 4.79 Å². The molecule has 0 bridgehead atoms. The molecule has 0 heterocycles. The van der Waals surface area contributed by atoms with Crippen molar-refractivity contribution in [3.05, 3.63) is 55.1 Å². The summed E-state index contributed by atoms with van der Waals surface area (Å²) in [6.45, 7) is 7.24. The molecule has 3 heteroatoms. The Balaban J connectivity index is 2.29. The van der Waals surface area contributed by atoms with Gasteiger partial charge in [0.25, 0.3) is 0 Å². The van der Waals surface area contributed by atoms with E-state index in [9.17, 15) is 4.79 Å². The number of rotatable bonds is 6. The molecule has 0 aromatic heterocycles. The Morgan fingerprint density at radius 2 is 2.00 bits per heavy atom. The highest BCUT2D eigenvalue weighted by atomic mass is 16.2. The average Bonchev–Trinajstić information content (AvgIpc) is 2.48. The standard InChI is InChI=1S/C17H20N2O/c1-3-12-18-13-17(20)19(4-2)16-11-7-9-14-8-5-6-10-15(14)16/h3,5-11,18H,1,4,12-13H2,2H3. The fourth-order valence-electron chi connectivity index (χ4n) is 2.30. The Morgan fingerprint density at radius 1 is 1.25 bits per heavy atom. The van der Waals surface area contributed by atoms with Gasteiger partial charge in [0.1, 0.15) is 0 Å². The van der Waals surface area contributed by atoms with Gasteiger partial charge in [-0.2, -0.15) is 0 Å². The van der Waals surface area contributed by atoms with Crippen LogP contribution in [0.5, 0.6) is 0 Å². The van der Waals surface area contributed by atoms with Gasteiger partial charge in [0, 0.05) is 18.5 Å². The Kier molecular flexibility index (Phi) is 4.91. The SMILES string of the molecule is C=CCNCC(=O)N(CC)c1cccc2ccccc12. The van der Waals surface area contributed by atoms with Crippen LogP contribution in [0.4, 0.5) is 5.69 Å². The van der Waals surface area contributed by atoms with E-state index in [1.54, 1.807) is 6.08 Å². The summed E-state index contributed by atoms with van der Waals surface area (Å²) in [4.78, 5) is 14.1. The third-order valence-electron chi connectivity index (χ3n) is 3.24. The highest BCUT2D eigenvalue weighted by molar-refractivity contribution is 6.04. The van der Waals surface area contributed by atoms with Gasteiger partial charge in [0.15, 0.2) is 0 Å². The zero-order valence-corrected chi connectivity index (χ0v) is 11.8. The quantitative estimate of drug-likeness (QED) is 0.645. The van der Waals surface area contributed by atoms with Gasteiger partial charge < -0.3 is 10.2 Å². The molecule has 0 aliphatic heterocycles. The Bertz CT molecular complexity index is 601. The summed E-state index contributed by atoms with van der Waals surface area (Å²) in [6.07, 6.45) is 1.75. The maximum atomic E-state index is 12.3. The number of nitrogens with zero attached hydrogens (tertiary/aromatic N) is 1. The Morgan fingerprint density at radius 3 is 2.75 bits per heavy atom. The summed E-state index contributed by atoms with van der Waals surface area (Å²) in [7, 11) is 0. The van der Waals surface area contributed by atoms with Crippen molar-refractivity contribution in [3.63, 3.8) is 0 Å². The van der Waals surface area contributed by atoms with Gasteiger partial charge in [-0.3, -0.25) is 4.79 Å². The van der Waals surface area contributed by atoms with Crippen molar-refractivity contribution in [1.29, 1.82) is 0 Å². The molecule has 1 amide bonds. The second kappa shape index (κ2) is 6.87. The van der Waals surface area contributed by atoms with Crippen LogP contribution in [0.2, 0.25) is 0 Å². The number of benzene rings is 2. The van der Waals surface area contributed by atoms with Gasteiger partial charge in [-0.15, -0.1) is 6.58 Å². The molecule has 0 aliphatic rings. The van der Waals surface area contributed by atoms with E-state index in [-0.39, 0.29) is 5.91 Å². The number of carbonyl (C=O) groups excluding carboxylic acids is 1. The van der Waals surface area contributed by atoms with Crippen LogP contribution in [-0.4, -0.2) is 25.5 Å². The predicted octanol–water partition coefficient (Wildman–Crippen LogP) is 2.97. The second-order valence-electron chi connectivity index (χ2n) is 4.56. The first-order valence-electron chi connectivity index (χ1n) is 6.87.